The Balaban J connectivity index is 2.03. The summed E-state index contributed by atoms with van der Waals surface area (Å²) < 4.78 is 7.69. The van der Waals surface area contributed by atoms with Gasteiger partial charge in [-0.2, -0.15) is 0 Å². The third-order valence-electron chi connectivity index (χ3n) is 4.08. The van der Waals surface area contributed by atoms with Crippen LogP contribution >= 0.6 is 11.3 Å². The van der Waals surface area contributed by atoms with E-state index in [2.05, 4.69) is 32.9 Å². The van der Waals surface area contributed by atoms with Crippen molar-refractivity contribution in [2.75, 3.05) is 6.61 Å². The Hall–Kier alpha value is -2.34. The molecule has 0 bridgehead atoms. The molecular formula is C19H22N2O3S. The molecule has 0 spiro atoms. The van der Waals surface area contributed by atoms with Crippen LogP contribution in [-0.4, -0.2) is 27.1 Å². The van der Waals surface area contributed by atoms with Crippen LogP contribution in [0, 0.1) is 6.92 Å². The van der Waals surface area contributed by atoms with Gasteiger partial charge in [0.25, 0.3) is 0 Å². The van der Waals surface area contributed by atoms with Crippen molar-refractivity contribution < 1.29 is 14.6 Å². The molecule has 0 aliphatic heterocycles. The maximum atomic E-state index is 10.9. The maximum Gasteiger partial charge on any atom is 0.308 e. The summed E-state index contributed by atoms with van der Waals surface area (Å²) in [7, 11) is 0. The molecule has 0 radical (unpaired) electrons. The van der Waals surface area contributed by atoms with E-state index >= 15 is 0 Å². The van der Waals surface area contributed by atoms with Crippen molar-refractivity contribution in [1.29, 1.82) is 0 Å². The quantitative estimate of drug-likeness (QED) is 0.704. The van der Waals surface area contributed by atoms with E-state index in [4.69, 9.17) is 14.8 Å². The molecule has 0 unspecified atom stereocenters. The molecular weight excluding hydrogens is 336 g/mol. The summed E-state index contributed by atoms with van der Waals surface area (Å²) in [6.45, 7) is 9.00. The van der Waals surface area contributed by atoms with Gasteiger partial charge in [0.2, 0.25) is 0 Å². The molecule has 5 nitrogen and oxygen atoms in total. The van der Waals surface area contributed by atoms with Crippen molar-refractivity contribution in [3.8, 4) is 17.0 Å². The number of carboxylic acid groups (broad SMARTS) is 1. The highest BCUT2D eigenvalue weighted by Crippen LogP contribution is 2.35. The summed E-state index contributed by atoms with van der Waals surface area (Å²) in [5, 5.41) is 8.92. The van der Waals surface area contributed by atoms with Gasteiger partial charge < -0.3 is 9.84 Å². The number of ether oxygens (including phenoxy) is 1. The summed E-state index contributed by atoms with van der Waals surface area (Å²) in [4.78, 5) is 17.2. The van der Waals surface area contributed by atoms with Gasteiger partial charge in [0, 0.05) is 22.8 Å². The van der Waals surface area contributed by atoms with E-state index in [1.165, 1.54) is 16.9 Å². The Morgan fingerprint density at radius 1 is 1.36 bits per heavy atom. The molecule has 0 aliphatic carbocycles. The van der Waals surface area contributed by atoms with E-state index < -0.39 is 5.97 Å². The molecule has 2 aromatic heterocycles. The van der Waals surface area contributed by atoms with E-state index in [1.54, 1.807) is 0 Å². The monoisotopic (exact) mass is 358 g/mol. The van der Waals surface area contributed by atoms with Crippen LogP contribution < -0.4 is 4.74 Å². The van der Waals surface area contributed by atoms with Gasteiger partial charge in [-0.25, -0.2) is 4.98 Å². The number of fused-ring (bicyclic) bond motifs is 1. The number of carbonyl (C=O) groups is 1. The Labute approximate surface area is 150 Å². The summed E-state index contributed by atoms with van der Waals surface area (Å²) >= 11 is 1.42. The van der Waals surface area contributed by atoms with E-state index in [0.29, 0.717) is 12.5 Å². The number of nitrogens with zero attached hydrogens (tertiary/aromatic N) is 2. The van der Waals surface area contributed by atoms with Crippen molar-refractivity contribution >= 4 is 22.3 Å². The highest BCUT2D eigenvalue weighted by molar-refractivity contribution is 7.17. The van der Waals surface area contributed by atoms with Crippen molar-refractivity contribution in [3.05, 3.63) is 40.5 Å². The number of aryl methyl sites for hydroxylation is 1. The zero-order valence-electron chi connectivity index (χ0n) is 14.9. The molecule has 0 saturated heterocycles. The normalized spacial score (nSPS) is 11.4. The second-order valence-corrected chi connectivity index (χ2v) is 7.47. The van der Waals surface area contributed by atoms with E-state index in [0.717, 1.165) is 32.4 Å². The van der Waals surface area contributed by atoms with Crippen LogP contribution in [0.2, 0.25) is 0 Å². The standard InChI is InChI=1S/C19H22N2O3S/c1-5-24-17-6-12(4)15(8-14(17)11(2)3)16-10-21-9-13(7-18(22)23)25-19(21)20-16/h6,8-11H,5,7H2,1-4H3,(H,22,23). The van der Waals surface area contributed by atoms with E-state index in [1.807, 2.05) is 23.7 Å². The van der Waals surface area contributed by atoms with Crippen molar-refractivity contribution in [2.45, 2.75) is 40.0 Å². The number of carboxylic acids is 1. The smallest absolute Gasteiger partial charge is 0.308 e. The van der Waals surface area contributed by atoms with Gasteiger partial charge in [-0.15, -0.1) is 11.3 Å². The number of aromatic nitrogens is 2. The minimum atomic E-state index is -0.825. The van der Waals surface area contributed by atoms with Crippen LogP contribution in [0.15, 0.2) is 24.5 Å². The van der Waals surface area contributed by atoms with Crippen molar-refractivity contribution in [1.82, 2.24) is 9.38 Å². The lowest BCUT2D eigenvalue weighted by Gasteiger charge is -2.16. The van der Waals surface area contributed by atoms with Gasteiger partial charge in [-0.3, -0.25) is 9.20 Å². The Bertz CT molecular complexity index is 893. The first-order chi connectivity index (χ1) is 11.9. The summed E-state index contributed by atoms with van der Waals surface area (Å²) in [6.07, 6.45) is 3.84. The average Bonchev–Trinajstić information content (AvgIpc) is 3.04. The van der Waals surface area contributed by atoms with Crippen LogP contribution in [0.25, 0.3) is 16.2 Å². The Morgan fingerprint density at radius 2 is 2.12 bits per heavy atom. The fourth-order valence-electron chi connectivity index (χ4n) is 2.91. The molecule has 0 amide bonds. The first-order valence-electron chi connectivity index (χ1n) is 8.36. The summed E-state index contributed by atoms with van der Waals surface area (Å²) in [5.41, 5.74) is 4.27. The molecule has 1 aromatic carbocycles. The average molecular weight is 358 g/mol. The highest BCUT2D eigenvalue weighted by atomic mass is 32.1. The lowest BCUT2D eigenvalue weighted by atomic mass is 9.95. The molecule has 0 aliphatic rings. The minimum absolute atomic E-state index is 0.0307. The second kappa shape index (κ2) is 6.88. The summed E-state index contributed by atoms with van der Waals surface area (Å²) in [5.74, 6) is 0.462. The molecule has 3 rings (SSSR count). The van der Waals surface area contributed by atoms with Gasteiger partial charge in [0.1, 0.15) is 5.75 Å². The number of hydrogen-bond donors (Lipinski definition) is 1. The molecule has 25 heavy (non-hydrogen) atoms. The van der Waals surface area contributed by atoms with Crippen LogP contribution in [0.5, 0.6) is 5.75 Å². The molecule has 6 heteroatoms. The number of thiazole rings is 1. The zero-order chi connectivity index (χ0) is 18.1. The Morgan fingerprint density at radius 3 is 2.72 bits per heavy atom. The molecule has 1 N–H and O–H groups in total. The molecule has 0 atom stereocenters. The highest BCUT2D eigenvalue weighted by Gasteiger charge is 2.16. The fourth-order valence-corrected chi connectivity index (χ4v) is 3.86. The number of hydrogen-bond acceptors (Lipinski definition) is 4. The van der Waals surface area contributed by atoms with Crippen LogP contribution in [0.3, 0.4) is 0 Å². The molecule has 0 saturated carbocycles. The van der Waals surface area contributed by atoms with Gasteiger partial charge in [0.15, 0.2) is 4.96 Å². The molecule has 132 valence electrons. The molecule has 0 fully saturated rings. The third-order valence-corrected chi connectivity index (χ3v) is 5.08. The molecule has 2 heterocycles. The topological polar surface area (TPSA) is 63.8 Å². The van der Waals surface area contributed by atoms with Crippen LogP contribution in [0.1, 0.15) is 42.7 Å². The van der Waals surface area contributed by atoms with Gasteiger partial charge in [-0.1, -0.05) is 13.8 Å². The number of aliphatic carboxylic acids is 1. The van der Waals surface area contributed by atoms with E-state index in [-0.39, 0.29) is 6.42 Å². The third kappa shape index (κ3) is 3.54. The number of imidazole rings is 1. The van der Waals surface area contributed by atoms with Gasteiger partial charge in [0.05, 0.1) is 18.7 Å². The largest absolute Gasteiger partial charge is 0.494 e. The fraction of sp³-hybridized carbons (Fsp3) is 0.368. The van der Waals surface area contributed by atoms with Crippen molar-refractivity contribution in [3.63, 3.8) is 0 Å². The van der Waals surface area contributed by atoms with E-state index in [9.17, 15) is 4.79 Å². The SMILES string of the molecule is CCOc1cc(C)c(-c2cn3cc(CC(=O)O)sc3n2)cc1C(C)C. The van der Waals surface area contributed by atoms with Crippen LogP contribution in [0.4, 0.5) is 0 Å². The summed E-state index contributed by atoms with van der Waals surface area (Å²) in [6, 6.07) is 4.24. The zero-order valence-corrected chi connectivity index (χ0v) is 15.7. The first kappa shape index (κ1) is 17.5. The maximum absolute atomic E-state index is 10.9. The lowest BCUT2D eigenvalue weighted by molar-refractivity contribution is -0.136. The van der Waals surface area contributed by atoms with Gasteiger partial charge >= 0.3 is 5.97 Å². The van der Waals surface area contributed by atoms with Crippen LogP contribution in [-0.2, 0) is 11.2 Å². The number of benzene rings is 1. The Kier molecular flexibility index (Phi) is 4.81. The predicted molar refractivity (Wildman–Crippen MR) is 99.8 cm³/mol. The predicted octanol–water partition coefficient (Wildman–Crippen LogP) is 4.52. The van der Waals surface area contributed by atoms with Gasteiger partial charge in [-0.05, 0) is 43.0 Å². The lowest BCUT2D eigenvalue weighted by Crippen LogP contribution is -2.00. The second-order valence-electron chi connectivity index (χ2n) is 6.38. The molecule has 3 aromatic rings. The van der Waals surface area contributed by atoms with Crippen molar-refractivity contribution in [2.24, 2.45) is 0 Å². The number of rotatable bonds is 6. The minimum Gasteiger partial charge on any atom is -0.494 e. The first-order valence-corrected chi connectivity index (χ1v) is 9.17.